The minimum atomic E-state index is -0.583. The summed E-state index contributed by atoms with van der Waals surface area (Å²) in [6.07, 6.45) is 0.571. The van der Waals surface area contributed by atoms with Gasteiger partial charge in [0.1, 0.15) is 5.54 Å². The number of para-hydroxylation sites is 1. The molecule has 43 heavy (non-hydrogen) atoms. The highest BCUT2D eigenvalue weighted by Gasteiger charge is 2.51. The third kappa shape index (κ3) is 6.03. The fraction of sp³-hybridized carbons (Fsp3) is 0.412. The SMILES string of the molecule is CC(=O)Nc1ccc(C2OC(CN3CCC4(CC3)C(=O)NCN4c3ccccc3)C(C)C(c3ccc(CO)cc3)O2)cc1. The average molecular weight is 585 g/mol. The van der Waals surface area contributed by atoms with Gasteiger partial charge in [0, 0.05) is 49.4 Å². The minimum absolute atomic E-state index is 0.00740. The van der Waals surface area contributed by atoms with Gasteiger partial charge in [-0.3, -0.25) is 9.59 Å². The van der Waals surface area contributed by atoms with E-state index >= 15 is 0 Å². The van der Waals surface area contributed by atoms with Crippen molar-refractivity contribution in [3.8, 4) is 0 Å². The molecule has 3 aliphatic rings. The molecule has 0 saturated carbocycles. The maximum absolute atomic E-state index is 13.2. The second-order valence-corrected chi connectivity index (χ2v) is 11.9. The largest absolute Gasteiger partial charge is 0.392 e. The van der Waals surface area contributed by atoms with E-state index in [1.807, 2.05) is 66.7 Å². The molecular weight excluding hydrogens is 544 g/mol. The first-order chi connectivity index (χ1) is 20.9. The number of aliphatic hydroxyl groups excluding tert-OH is 1. The quantitative estimate of drug-likeness (QED) is 0.379. The molecule has 2 amide bonds. The van der Waals surface area contributed by atoms with Crippen LogP contribution >= 0.6 is 0 Å². The van der Waals surface area contributed by atoms with Crippen molar-refractivity contribution in [2.24, 2.45) is 5.92 Å². The Balaban J connectivity index is 1.20. The Bertz CT molecular complexity index is 1410. The van der Waals surface area contributed by atoms with Crippen LogP contribution in [0.1, 0.15) is 55.8 Å². The van der Waals surface area contributed by atoms with Crippen LogP contribution in [-0.2, 0) is 25.7 Å². The molecule has 0 aliphatic carbocycles. The predicted octanol–water partition coefficient (Wildman–Crippen LogP) is 4.36. The van der Waals surface area contributed by atoms with Gasteiger partial charge in [-0.25, -0.2) is 0 Å². The summed E-state index contributed by atoms with van der Waals surface area (Å²) in [6.45, 7) is 6.47. The normalized spacial score (nSPS) is 25.5. The van der Waals surface area contributed by atoms with Crippen molar-refractivity contribution in [1.82, 2.24) is 10.2 Å². The van der Waals surface area contributed by atoms with Gasteiger partial charge in [-0.05, 0) is 48.2 Å². The molecule has 9 heteroatoms. The lowest BCUT2D eigenvalue weighted by molar-refractivity contribution is -0.276. The second-order valence-electron chi connectivity index (χ2n) is 11.9. The smallest absolute Gasteiger partial charge is 0.247 e. The van der Waals surface area contributed by atoms with Gasteiger partial charge in [0.15, 0.2) is 6.29 Å². The van der Waals surface area contributed by atoms with E-state index in [0.29, 0.717) is 6.67 Å². The number of rotatable bonds is 7. The number of nitrogens with zero attached hydrogens (tertiary/aromatic N) is 2. The summed E-state index contributed by atoms with van der Waals surface area (Å²) in [5, 5.41) is 15.4. The average Bonchev–Trinajstić information content (AvgIpc) is 3.34. The number of anilines is 2. The number of nitrogens with one attached hydrogen (secondary N) is 2. The van der Waals surface area contributed by atoms with Crippen LogP contribution in [0.2, 0.25) is 0 Å². The van der Waals surface area contributed by atoms with Gasteiger partial charge in [-0.1, -0.05) is 61.5 Å². The summed E-state index contributed by atoms with van der Waals surface area (Å²) in [5.74, 6) is 0.0469. The van der Waals surface area contributed by atoms with Crippen LogP contribution in [0.5, 0.6) is 0 Å². The Hall–Kier alpha value is -3.76. The van der Waals surface area contributed by atoms with Crippen LogP contribution in [0.4, 0.5) is 11.4 Å². The first-order valence-electron chi connectivity index (χ1n) is 15.1. The molecule has 6 rings (SSSR count). The Morgan fingerprint density at radius 1 is 0.977 bits per heavy atom. The Kier molecular flexibility index (Phi) is 8.50. The highest BCUT2D eigenvalue weighted by Crippen LogP contribution is 2.43. The van der Waals surface area contributed by atoms with Gasteiger partial charge in [0.2, 0.25) is 11.8 Å². The number of likely N-dealkylation sites (tertiary alicyclic amines) is 1. The Labute approximate surface area is 252 Å². The molecule has 1 spiro atoms. The molecule has 3 aromatic rings. The maximum atomic E-state index is 13.2. The molecule has 3 saturated heterocycles. The van der Waals surface area contributed by atoms with Crippen LogP contribution < -0.4 is 15.5 Å². The van der Waals surface area contributed by atoms with E-state index in [0.717, 1.165) is 60.5 Å². The predicted molar refractivity (Wildman–Crippen MR) is 164 cm³/mol. The number of hydrogen-bond donors (Lipinski definition) is 3. The van der Waals surface area contributed by atoms with Crippen molar-refractivity contribution in [1.29, 1.82) is 0 Å². The van der Waals surface area contributed by atoms with Crippen LogP contribution in [0, 0.1) is 5.92 Å². The number of ether oxygens (including phenoxy) is 2. The number of carbonyl (C=O) groups is 2. The van der Waals surface area contributed by atoms with Crippen LogP contribution in [0.15, 0.2) is 78.9 Å². The van der Waals surface area contributed by atoms with Crippen molar-refractivity contribution < 1.29 is 24.2 Å². The van der Waals surface area contributed by atoms with Gasteiger partial charge in [-0.2, -0.15) is 0 Å². The van der Waals surface area contributed by atoms with E-state index in [1.54, 1.807) is 0 Å². The van der Waals surface area contributed by atoms with Gasteiger partial charge in [-0.15, -0.1) is 0 Å². The fourth-order valence-corrected chi connectivity index (χ4v) is 6.65. The molecular formula is C34H40N4O5. The van der Waals surface area contributed by atoms with E-state index in [1.165, 1.54) is 6.92 Å². The molecule has 9 nitrogen and oxygen atoms in total. The molecule has 3 aromatic carbocycles. The zero-order valence-electron chi connectivity index (χ0n) is 24.7. The lowest BCUT2D eigenvalue weighted by Crippen LogP contribution is -2.57. The lowest BCUT2D eigenvalue weighted by Gasteiger charge is -2.46. The van der Waals surface area contributed by atoms with E-state index < -0.39 is 11.8 Å². The van der Waals surface area contributed by atoms with Gasteiger partial charge >= 0.3 is 0 Å². The monoisotopic (exact) mass is 584 g/mol. The molecule has 3 N–H and O–H groups in total. The van der Waals surface area contributed by atoms with Crippen LogP contribution in [0.3, 0.4) is 0 Å². The highest BCUT2D eigenvalue weighted by molar-refractivity contribution is 5.93. The first kappa shape index (κ1) is 29.3. The minimum Gasteiger partial charge on any atom is -0.392 e. The van der Waals surface area contributed by atoms with Crippen molar-refractivity contribution >= 4 is 23.2 Å². The van der Waals surface area contributed by atoms with Crippen LogP contribution in [0.25, 0.3) is 0 Å². The van der Waals surface area contributed by atoms with Gasteiger partial charge in [0.25, 0.3) is 0 Å². The third-order valence-electron chi connectivity index (χ3n) is 9.15. The molecule has 3 fully saturated rings. The number of carbonyl (C=O) groups excluding carboxylic acids is 2. The molecule has 3 aliphatic heterocycles. The summed E-state index contributed by atoms with van der Waals surface area (Å²) < 4.78 is 13.2. The highest BCUT2D eigenvalue weighted by atomic mass is 16.7. The summed E-state index contributed by atoms with van der Waals surface area (Å²) in [6, 6.07) is 25.7. The summed E-state index contributed by atoms with van der Waals surface area (Å²) in [5.41, 5.74) is 4.02. The van der Waals surface area contributed by atoms with E-state index in [9.17, 15) is 14.7 Å². The first-order valence-corrected chi connectivity index (χ1v) is 15.1. The standard InChI is InChI=1S/C34H40N4O5/c1-23-30(20-37-18-16-34(17-19-37)33(41)35-22-38(34)29-6-4-3-5-7-29)42-32(27-12-14-28(15-13-27)36-24(2)40)43-31(23)26-10-8-25(21-39)9-11-26/h3-15,23,30-32,39H,16-22H2,1-2H3,(H,35,41)(H,36,40). The van der Waals surface area contributed by atoms with E-state index in [2.05, 4.69) is 39.5 Å². The number of amides is 2. The third-order valence-corrected chi connectivity index (χ3v) is 9.15. The summed E-state index contributed by atoms with van der Waals surface area (Å²) in [4.78, 5) is 29.3. The molecule has 0 radical (unpaired) electrons. The Morgan fingerprint density at radius 3 is 2.30 bits per heavy atom. The van der Waals surface area contributed by atoms with Crippen molar-refractivity contribution in [3.05, 3.63) is 95.6 Å². The van der Waals surface area contributed by atoms with Gasteiger partial charge in [0.05, 0.1) is 25.5 Å². The number of hydrogen-bond acceptors (Lipinski definition) is 7. The molecule has 3 heterocycles. The van der Waals surface area contributed by atoms with Crippen molar-refractivity contribution in [3.63, 3.8) is 0 Å². The topological polar surface area (TPSA) is 103 Å². The van der Waals surface area contributed by atoms with Crippen molar-refractivity contribution in [2.75, 3.05) is 36.5 Å². The molecule has 4 unspecified atom stereocenters. The van der Waals surface area contributed by atoms with Crippen LogP contribution in [-0.4, -0.2) is 59.8 Å². The molecule has 0 aromatic heterocycles. The Morgan fingerprint density at radius 2 is 1.65 bits per heavy atom. The number of benzene rings is 3. The zero-order chi connectivity index (χ0) is 30.0. The van der Waals surface area contributed by atoms with E-state index in [-0.39, 0.29) is 36.5 Å². The van der Waals surface area contributed by atoms with Gasteiger partial charge < -0.3 is 35.0 Å². The molecule has 4 atom stereocenters. The molecule has 0 bridgehead atoms. The maximum Gasteiger partial charge on any atom is 0.247 e. The summed E-state index contributed by atoms with van der Waals surface area (Å²) >= 11 is 0. The van der Waals surface area contributed by atoms with E-state index in [4.69, 9.17) is 9.47 Å². The summed E-state index contributed by atoms with van der Waals surface area (Å²) in [7, 11) is 0. The number of piperidine rings is 1. The number of aliphatic hydroxyl groups is 1. The van der Waals surface area contributed by atoms with Crippen molar-refractivity contribution in [2.45, 2.75) is 57.3 Å². The zero-order valence-corrected chi connectivity index (χ0v) is 24.7. The second kappa shape index (κ2) is 12.5. The lowest BCUT2D eigenvalue weighted by atomic mass is 9.84. The molecule has 226 valence electrons. The fourth-order valence-electron chi connectivity index (χ4n) is 6.65.